The molecule has 42 heavy (non-hydrogen) atoms. The first kappa shape index (κ1) is 30.8. The minimum atomic E-state index is -1.46. The Balaban J connectivity index is 1.62. The third-order valence-corrected chi connectivity index (χ3v) is 7.93. The van der Waals surface area contributed by atoms with Gasteiger partial charge in [-0.25, -0.2) is 9.59 Å². The zero-order valence-electron chi connectivity index (χ0n) is 24.8. The highest BCUT2D eigenvalue weighted by molar-refractivity contribution is 5.96. The fourth-order valence-electron chi connectivity index (χ4n) is 5.34. The summed E-state index contributed by atoms with van der Waals surface area (Å²) in [4.78, 5) is 58.3. The van der Waals surface area contributed by atoms with E-state index in [2.05, 4.69) is 22.2 Å². The molecule has 0 spiro atoms. The maximum Gasteiger partial charge on any atom is 0.408 e. The van der Waals surface area contributed by atoms with Gasteiger partial charge in [0.15, 0.2) is 0 Å². The van der Waals surface area contributed by atoms with Gasteiger partial charge >= 0.3 is 12.1 Å². The van der Waals surface area contributed by atoms with Crippen LogP contribution in [0, 0.1) is 11.8 Å². The first-order valence-corrected chi connectivity index (χ1v) is 14.3. The number of rotatable bonds is 10. The molecule has 6 unspecified atom stereocenters. The second-order valence-electron chi connectivity index (χ2n) is 12.1. The smallest absolute Gasteiger partial charge is 0.408 e. The Hall–Kier alpha value is -4.15. The third-order valence-electron chi connectivity index (χ3n) is 7.93. The van der Waals surface area contributed by atoms with Gasteiger partial charge in [0.05, 0.1) is 12.1 Å². The van der Waals surface area contributed by atoms with Crippen molar-refractivity contribution in [1.82, 2.24) is 20.5 Å². The van der Waals surface area contributed by atoms with E-state index in [1.807, 2.05) is 38.1 Å². The number of carboxylic acid groups (broad SMARTS) is 1. The number of aliphatic carboxylic acids is 1. The van der Waals surface area contributed by atoms with Crippen molar-refractivity contribution in [1.29, 1.82) is 0 Å². The molecule has 1 aromatic heterocycles. The molecule has 0 bridgehead atoms. The lowest BCUT2D eigenvalue weighted by Gasteiger charge is -2.32. The van der Waals surface area contributed by atoms with E-state index in [0.717, 1.165) is 10.9 Å². The summed E-state index contributed by atoms with van der Waals surface area (Å²) in [5, 5.41) is 16.0. The van der Waals surface area contributed by atoms with Gasteiger partial charge in [0.1, 0.15) is 35.1 Å². The number of nitrogens with zero attached hydrogens (tertiary/aromatic N) is 2. The summed E-state index contributed by atoms with van der Waals surface area (Å²) in [6.45, 7) is 12.7. The van der Waals surface area contributed by atoms with Crippen molar-refractivity contribution in [2.24, 2.45) is 11.8 Å². The van der Waals surface area contributed by atoms with E-state index < -0.39 is 59.1 Å². The van der Waals surface area contributed by atoms with Gasteiger partial charge in [-0.3, -0.25) is 14.6 Å². The number of benzene rings is 1. The SMILES string of the molecule is C=CC1CC1(NC(=O)C1CC(Oc2ccnc3ccccc23)CN1C(=O)C(NC(=O)OC(C)(C)C)C(C)CC)C(=O)O. The minimum absolute atomic E-state index is 0.0570. The number of hydrogen-bond donors (Lipinski definition) is 3. The fourth-order valence-corrected chi connectivity index (χ4v) is 5.34. The van der Waals surface area contributed by atoms with Crippen LogP contribution in [0.2, 0.25) is 0 Å². The molecule has 3 N–H and O–H groups in total. The minimum Gasteiger partial charge on any atom is -0.488 e. The van der Waals surface area contributed by atoms with Crippen LogP contribution in [0.15, 0.2) is 49.2 Å². The Morgan fingerprint density at radius 3 is 2.57 bits per heavy atom. The zero-order valence-corrected chi connectivity index (χ0v) is 24.8. The van der Waals surface area contributed by atoms with Crippen LogP contribution in [-0.4, -0.2) is 74.7 Å². The summed E-state index contributed by atoms with van der Waals surface area (Å²) < 4.78 is 11.8. The predicted octanol–water partition coefficient (Wildman–Crippen LogP) is 3.67. The molecule has 226 valence electrons. The Labute approximate surface area is 245 Å². The first-order valence-electron chi connectivity index (χ1n) is 14.3. The van der Waals surface area contributed by atoms with Crippen LogP contribution in [0.4, 0.5) is 4.79 Å². The van der Waals surface area contributed by atoms with Crippen molar-refractivity contribution < 1.29 is 33.8 Å². The summed E-state index contributed by atoms with van der Waals surface area (Å²) in [6.07, 6.45) is 2.74. The van der Waals surface area contributed by atoms with Gasteiger partial charge in [0.25, 0.3) is 0 Å². The highest BCUT2D eigenvalue weighted by Gasteiger charge is 2.61. The lowest BCUT2D eigenvalue weighted by Crippen LogP contribution is -2.58. The van der Waals surface area contributed by atoms with Crippen LogP contribution < -0.4 is 15.4 Å². The molecule has 1 aliphatic heterocycles. The van der Waals surface area contributed by atoms with Crippen molar-refractivity contribution in [2.45, 2.75) is 83.2 Å². The van der Waals surface area contributed by atoms with E-state index in [1.54, 1.807) is 33.0 Å². The van der Waals surface area contributed by atoms with Crippen LogP contribution in [0.25, 0.3) is 10.9 Å². The quantitative estimate of drug-likeness (QED) is 0.361. The monoisotopic (exact) mass is 580 g/mol. The topological polar surface area (TPSA) is 147 Å². The summed E-state index contributed by atoms with van der Waals surface area (Å²) in [5.74, 6) is -2.36. The van der Waals surface area contributed by atoms with Crippen molar-refractivity contribution >= 4 is 34.8 Å². The van der Waals surface area contributed by atoms with Gasteiger partial charge in [-0.2, -0.15) is 0 Å². The van der Waals surface area contributed by atoms with Crippen LogP contribution in [-0.2, 0) is 19.1 Å². The number of likely N-dealkylation sites (tertiary alicyclic amines) is 1. The number of carbonyl (C=O) groups is 4. The molecule has 3 amide bonds. The molecular formula is C31H40N4O7. The Kier molecular flexibility index (Phi) is 8.79. The third kappa shape index (κ3) is 6.50. The number of amides is 3. The Bertz CT molecular complexity index is 1370. The van der Waals surface area contributed by atoms with Gasteiger partial charge in [0.2, 0.25) is 11.8 Å². The summed E-state index contributed by atoms with van der Waals surface area (Å²) in [6, 6.07) is 7.21. The molecule has 1 saturated heterocycles. The number of carboxylic acids is 1. The van der Waals surface area contributed by atoms with Gasteiger partial charge in [0, 0.05) is 23.9 Å². The number of alkyl carbamates (subject to hydrolysis) is 1. The molecule has 2 aromatic rings. The number of fused-ring (bicyclic) bond motifs is 1. The molecule has 11 nitrogen and oxygen atoms in total. The molecule has 11 heteroatoms. The molecule has 1 saturated carbocycles. The molecule has 0 radical (unpaired) electrons. The van der Waals surface area contributed by atoms with Crippen LogP contribution >= 0.6 is 0 Å². The van der Waals surface area contributed by atoms with Gasteiger partial charge in [-0.05, 0) is 51.3 Å². The second kappa shape index (κ2) is 12.0. The molecule has 4 rings (SSSR count). The average Bonchev–Trinajstić information content (AvgIpc) is 3.50. The standard InChI is InChI=1S/C31H40N4O7/c1-7-18(3)25(33-29(40)42-30(4,5)6)27(37)35-17-20(41-24-13-14-32-22-12-10-9-11-21(22)24)15-23(35)26(36)34-31(28(38)39)16-19(31)8-2/h8-14,18-20,23,25H,2,7,15-17H2,1,3-6H3,(H,33,40)(H,34,36)(H,38,39). The second-order valence-corrected chi connectivity index (χ2v) is 12.1. The van der Waals surface area contributed by atoms with Gasteiger partial charge in [-0.15, -0.1) is 6.58 Å². The summed E-state index contributed by atoms with van der Waals surface area (Å²) in [5.41, 5.74) is -1.49. The molecule has 2 aliphatic rings. The molecule has 1 aliphatic carbocycles. The lowest BCUT2D eigenvalue weighted by molar-refractivity contribution is -0.146. The maximum absolute atomic E-state index is 14.1. The molecule has 1 aromatic carbocycles. The molecule has 2 fully saturated rings. The number of para-hydroxylation sites is 1. The van der Waals surface area contributed by atoms with Gasteiger partial charge < -0.3 is 30.1 Å². The highest BCUT2D eigenvalue weighted by atomic mass is 16.6. The van der Waals surface area contributed by atoms with E-state index in [0.29, 0.717) is 12.2 Å². The van der Waals surface area contributed by atoms with E-state index in [-0.39, 0.29) is 25.3 Å². The normalized spacial score (nSPS) is 24.8. The lowest BCUT2D eigenvalue weighted by atomic mass is 9.97. The number of aromatic nitrogens is 1. The summed E-state index contributed by atoms with van der Waals surface area (Å²) >= 11 is 0. The van der Waals surface area contributed by atoms with E-state index in [1.165, 1.54) is 11.0 Å². The fraction of sp³-hybridized carbons (Fsp3) is 0.516. The number of ether oxygens (including phenoxy) is 2. The maximum atomic E-state index is 14.1. The number of pyridine rings is 1. The average molecular weight is 581 g/mol. The predicted molar refractivity (Wildman–Crippen MR) is 156 cm³/mol. The number of nitrogens with one attached hydrogen (secondary N) is 2. The first-order chi connectivity index (χ1) is 19.8. The van der Waals surface area contributed by atoms with Crippen LogP contribution in [0.3, 0.4) is 0 Å². The molecule has 2 heterocycles. The van der Waals surface area contributed by atoms with E-state index in [9.17, 15) is 24.3 Å². The van der Waals surface area contributed by atoms with E-state index in [4.69, 9.17) is 9.47 Å². The van der Waals surface area contributed by atoms with Gasteiger partial charge in [-0.1, -0.05) is 38.5 Å². The van der Waals surface area contributed by atoms with Crippen molar-refractivity contribution in [3.8, 4) is 5.75 Å². The summed E-state index contributed by atoms with van der Waals surface area (Å²) in [7, 11) is 0. The Morgan fingerprint density at radius 2 is 1.95 bits per heavy atom. The van der Waals surface area contributed by atoms with E-state index >= 15 is 0 Å². The highest BCUT2D eigenvalue weighted by Crippen LogP contribution is 2.45. The number of hydrogen-bond acceptors (Lipinski definition) is 7. The van der Waals surface area contributed by atoms with Crippen molar-refractivity contribution in [2.75, 3.05) is 6.54 Å². The van der Waals surface area contributed by atoms with Crippen LogP contribution in [0.1, 0.15) is 53.9 Å². The Morgan fingerprint density at radius 1 is 1.24 bits per heavy atom. The van der Waals surface area contributed by atoms with Crippen LogP contribution in [0.5, 0.6) is 5.75 Å². The molecular weight excluding hydrogens is 540 g/mol. The zero-order chi connectivity index (χ0) is 30.8. The van der Waals surface area contributed by atoms with Crippen molar-refractivity contribution in [3.05, 3.63) is 49.2 Å². The number of carbonyl (C=O) groups excluding carboxylic acids is 3. The van der Waals surface area contributed by atoms with Crippen molar-refractivity contribution in [3.63, 3.8) is 0 Å². The largest absolute Gasteiger partial charge is 0.488 e. The molecule has 6 atom stereocenters.